The van der Waals surface area contributed by atoms with Gasteiger partial charge < -0.3 is 9.64 Å². The summed E-state index contributed by atoms with van der Waals surface area (Å²) in [5.41, 5.74) is 0.610. The Hall–Kier alpha value is -0.0800. The van der Waals surface area contributed by atoms with Crippen LogP contribution in [0.5, 0.6) is 0 Å². The first kappa shape index (κ1) is 14.0. The quantitative estimate of drug-likeness (QED) is 0.690. The molecule has 0 aliphatic heterocycles. The first-order chi connectivity index (χ1) is 7.32. The third-order valence-electron chi connectivity index (χ3n) is 3.72. The van der Waals surface area contributed by atoms with Gasteiger partial charge in [0.15, 0.2) is 0 Å². The Balaban J connectivity index is 2.46. The Morgan fingerprint density at radius 3 is 2.19 bits per heavy atom. The number of ether oxygens (including phenoxy) is 1. The molecule has 0 saturated heterocycles. The molecular weight excluding hydrogens is 198 g/mol. The zero-order valence-electron chi connectivity index (χ0n) is 12.0. The minimum absolute atomic E-state index is 0.194. The van der Waals surface area contributed by atoms with Crippen molar-refractivity contribution in [3.8, 4) is 0 Å². The van der Waals surface area contributed by atoms with E-state index in [9.17, 15) is 0 Å². The average Bonchev–Trinajstić information content (AvgIpc) is 2.93. The van der Waals surface area contributed by atoms with E-state index in [0.29, 0.717) is 11.5 Å². The highest BCUT2D eigenvalue weighted by atomic mass is 16.5. The number of methoxy groups -OCH3 is 1. The highest BCUT2D eigenvalue weighted by Crippen LogP contribution is 2.40. The number of hydrogen-bond donors (Lipinski definition) is 0. The molecule has 0 N–H and O–H groups in total. The Morgan fingerprint density at radius 2 is 1.88 bits per heavy atom. The van der Waals surface area contributed by atoms with Gasteiger partial charge in [0.1, 0.15) is 0 Å². The van der Waals surface area contributed by atoms with Gasteiger partial charge in [-0.2, -0.15) is 0 Å². The van der Waals surface area contributed by atoms with Crippen molar-refractivity contribution in [1.82, 2.24) is 4.90 Å². The lowest BCUT2D eigenvalue weighted by Crippen LogP contribution is -2.40. The minimum atomic E-state index is 0.194. The van der Waals surface area contributed by atoms with Crippen molar-refractivity contribution in [1.29, 1.82) is 0 Å². The lowest BCUT2D eigenvalue weighted by Gasteiger charge is -2.34. The average molecular weight is 227 g/mol. The van der Waals surface area contributed by atoms with Crippen molar-refractivity contribution in [3.63, 3.8) is 0 Å². The summed E-state index contributed by atoms with van der Waals surface area (Å²) >= 11 is 0. The van der Waals surface area contributed by atoms with Crippen LogP contribution in [0.3, 0.4) is 0 Å². The smallest absolute Gasteiger partial charge is 0.0807 e. The SMILES string of the molecule is CC[C@H](CC(C)(C)C)N(C)CC1(OC)CC1. The number of nitrogens with zero attached hydrogens (tertiary/aromatic N) is 1. The summed E-state index contributed by atoms with van der Waals surface area (Å²) in [7, 11) is 4.10. The summed E-state index contributed by atoms with van der Waals surface area (Å²) in [4.78, 5) is 2.50. The van der Waals surface area contributed by atoms with Crippen LogP contribution in [0.25, 0.3) is 0 Å². The highest BCUT2D eigenvalue weighted by Gasteiger charge is 2.44. The van der Waals surface area contributed by atoms with Gasteiger partial charge in [0.2, 0.25) is 0 Å². The van der Waals surface area contributed by atoms with Gasteiger partial charge >= 0.3 is 0 Å². The standard InChI is InChI=1S/C14H29NO/c1-7-12(10-13(2,3)4)15(5)11-14(16-6)8-9-14/h12H,7-11H2,1-6H3/t12-/m1/s1. The zero-order valence-corrected chi connectivity index (χ0v) is 12.0. The van der Waals surface area contributed by atoms with Gasteiger partial charge in [-0.15, -0.1) is 0 Å². The molecule has 0 amide bonds. The Kier molecular flexibility index (Phi) is 4.42. The third-order valence-corrected chi connectivity index (χ3v) is 3.72. The van der Waals surface area contributed by atoms with E-state index in [1.807, 2.05) is 7.11 Å². The first-order valence-electron chi connectivity index (χ1n) is 6.57. The lowest BCUT2D eigenvalue weighted by molar-refractivity contribution is 0.0320. The van der Waals surface area contributed by atoms with Crippen molar-refractivity contribution in [2.75, 3.05) is 20.7 Å². The molecule has 1 saturated carbocycles. The van der Waals surface area contributed by atoms with E-state index in [1.165, 1.54) is 25.7 Å². The van der Waals surface area contributed by atoms with Gasteiger partial charge in [-0.25, -0.2) is 0 Å². The van der Waals surface area contributed by atoms with E-state index in [2.05, 4.69) is 39.6 Å². The van der Waals surface area contributed by atoms with E-state index in [4.69, 9.17) is 4.74 Å². The third kappa shape index (κ3) is 4.06. The molecular formula is C14H29NO. The summed E-state index contributed by atoms with van der Waals surface area (Å²) < 4.78 is 5.60. The van der Waals surface area contributed by atoms with Crippen LogP contribution in [0.4, 0.5) is 0 Å². The van der Waals surface area contributed by atoms with Crippen LogP contribution >= 0.6 is 0 Å². The first-order valence-corrected chi connectivity index (χ1v) is 6.57. The van der Waals surface area contributed by atoms with Crippen LogP contribution in [0.15, 0.2) is 0 Å². The van der Waals surface area contributed by atoms with E-state index < -0.39 is 0 Å². The monoisotopic (exact) mass is 227 g/mol. The molecule has 96 valence electrons. The molecule has 1 fully saturated rings. The van der Waals surface area contributed by atoms with Crippen LogP contribution in [0, 0.1) is 5.41 Å². The second kappa shape index (κ2) is 5.05. The molecule has 0 aromatic heterocycles. The Bertz CT molecular complexity index is 215. The van der Waals surface area contributed by atoms with E-state index in [1.54, 1.807) is 0 Å². The molecule has 0 radical (unpaired) electrons. The fourth-order valence-electron chi connectivity index (χ4n) is 2.47. The molecule has 16 heavy (non-hydrogen) atoms. The largest absolute Gasteiger partial charge is 0.377 e. The van der Waals surface area contributed by atoms with Gasteiger partial charge in [0.25, 0.3) is 0 Å². The summed E-state index contributed by atoms with van der Waals surface area (Å²) in [5, 5.41) is 0. The van der Waals surface area contributed by atoms with Crippen LogP contribution in [0.1, 0.15) is 53.4 Å². The fourth-order valence-corrected chi connectivity index (χ4v) is 2.47. The molecule has 0 aromatic carbocycles. The normalized spacial score (nSPS) is 21.2. The van der Waals surface area contributed by atoms with Crippen molar-refractivity contribution in [2.24, 2.45) is 5.41 Å². The lowest BCUT2D eigenvalue weighted by atomic mass is 9.86. The van der Waals surface area contributed by atoms with E-state index >= 15 is 0 Å². The maximum absolute atomic E-state index is 5.60. The van der Waals surface area contributed by atoms with Crippen LogP contribution in [0.2, 0.25) is 0 Å². The second-order valence-corrected chi connectivity index (χ2v) is 6.63. The zero-order chi connectivity index (χ0) is 12.4. The summed E-state index contributed by atoms with van der Waals surface area (Å²) in [6, 6.07) is 0.688. The molecule has 2 nitrogen and oxygen atoms in total. The molecule has 0 bridgehead atoms. The number of rotatable bonds is 6. The van der Waals surface area contributed by atoms with Gasteiger partial charge in [0, 0.05) is 19.7 Å². The summed E-state index contributed by atoms with van der Waals surface area (Å²) in [6.07, 6.45) is 4.97. The van der Waals surface area contributed by atoms with Gasteiger partial charge in [-0.1, -0.05) is 27.7 Å². The van der Waals surface area contributed by atoms with Crippen molar-refractivity contribution < 1.29 is 4.74 Å². The van der Waals surface area contributed by atoms with Crippen molar-refractivity contribution >= 4 is 0 Å². The topological polar surface area (TPSA) is 12.5 Å². The molecule has 0 aromatic rings. The van der Waals surface area contributed by atoms with Crippen LogP contribution in [-0.4, -0.2) is 37.2 Å². The Morgan fingerprint density at radius 1 is 1.31 bits per heavy atom. The molecule has 1 atom stereocenters. The van der Waals surface area contributed by atoms with Crippen LogP contribution < -0.4 is 0 Å². The van der Waals surface area contributed by atoms with E-state index in [0.717, 1.165) is 6.54 Å². The molecule has 2 heteroatoms. The van der Waals surface area contributed by atoms with Crippen LogP contribution in [-0.2, 0) is 4.74 Å². The fraction of sp³-hybridized carbons (Fsp3) is 1.00. The maximum atomic E-state index is 5.60. The summed E-state index contributed by atoms with van der Waals surface area (Å²) in [6.45, 7) is 10.4. The van der Waals surface area contributed by atoms with Gasteiger partial charge in [-0.05, 0) is 38.1 Å². The predicted octanol–water partition coefficient (Wildman–Crippen LogP) is 3.31. The molecule has 0 unspecified atom stereocenters. The molecule has 1 aliphatic carbocycles. The van der Waals surface area contributed by atoms with Crippen molar-refractivity contribution in [2.45, 2.75) is 65.0 Å². The van der Waals surface area contributed by atoms with Gasteiger partial charge in [-0.3, -0.25) is 0 Å². The molecule has 1 aliphatic rings. The van der Waals surface area contributed by atoms with Crippen molar-refractivity contribution in [3.05, 3.63) is 0 Å². The second-order valence-electron chi connectivity index (χ2n) is 6.63. The predicted molar refractivity (Wildman–Crippen MR) is 69.8 cm³/mol. The molecule has 0 heterocycles. The van der Waals surface area contributed by atoms with Gasteiger partial charge in [0.05, 0.1) is 5.60 Å². The Labute approximate surface area is 101 Å². The number of likely N-dealkylation sites (N-methyl/N-ethyl adjacent to an activating group) is 1. The minimum Gasteiger partial charge on any atom is -0.377 e. The van der Waals surface area contributed by atoms with E-state index in [-0.39, 0.29) is 5.60 Å². The highest BCUT2D eigenvalue weighted by molar-refractivity contribution is 4.98. The number of hydrogen-bond acceptors (Lipinski definition) is 2. The molecule has 1 rings (SSSR count). The molecule has 0 spiro atoms. The maximum Gasteiger partial charge on any atom is 0.0807 e. The summed E-state index contributed by atoms with van der Waals surface area (Å²) in [5.74, 6) is 0.